The highest BCUT2D eigenvalue weighted by Gasteiger charge is 2.44. The predicted molar refractivity (Wildman–Crippen MR) is 93.2 cm³/mol. The molecule has 0 aliphatic carbocycles. The molecule has 134 valence electrons. The van der Waals surface area contributed by atoms with Gasteiger partial charge in [0.05, 0.1) is 12.1 Å². The van der Waals surface area contributed by atoms with Gasteiger partial charge in [-0.2, -0.15) is 11.3 Å². The summed E-state index contributed by atoms with van der Waals surface area (Å²) in [6.45, 7) is 8.03. The van der Waals surface area contributed by atoms with Gasteiger partial charge in [-0.05, 0) is 40.6 Å². The Morgan fingerprint density at radius 1 is 1.46 bits per heavy atom. The monoisotopic (exact) mass is 354 g/mol. The van der Waals surface area contributed by atoms with Gasteiger partial charge in [-0.3, -0.25) is 4.79 Å². The fraction of sp³-hybridized carbons (Fsp3) is 0.647. The molecule has 1 aromatic heterocycles. The molecule has 3 unspecified atom stereocenters. The Kier molecular flexibility index (Phi) is 5.55. The van der Waals surface area contributed by atoms with E-state index in [4.69, 9.17) is 5.11 Å². The normalized spacial score (nSPS) is 21.0. The van der Waals surface area contributed by atoms with E-state index in [0.29, 0.717) is 12.8 Å². The van der Waals surface area contributed by atoms with Crippen LogP contribution in [0.1, 0.15) is 50.8 Å². The van der Waals surface area contributed by atoms with Crippen LogP contribution in [0.3, 0.4) is 0 Å². The van der Waals surface area contributed by atoms with E-state index in [1.807, 2.05) is 38.5 Å². The zero-order chi connectivity index (χ0) is 18.1. The summed E-state index contributed by atoms with van der Waals surface area (Å²) < 4.78 is 0. The first-order valence-corrected chi connectivity index (χ1v) is 9.06. The minimum Gasteiger partial charge on any atom is -0.465 e. The summed E-state index contributed by atoms with van der Waals surface area (Å²) in [5.41, 5.74) is 1.55. The van der Waals surface area contributed by atoms with Crippen LogP contribution in [0.5, 0.6) is 0 Å². The van der Waals surface area contributed by atoms with E-state index in [0.717, 1.165) is 11.1 Å². The molecular formula is C17H26N2O4S. The Morgan fingerprint density at radius 2 is 2.12 bits per heavy atom. The SMILES string of the molecule is Cc1cscc1C(O)C1CCC(=O)N1C(CNC(=O)O)C(C)(C)C. The van der Waals surface area contributed by atoms with Crippen LogP contribution in [0, 0.1) is 12.3 Å². The Morgan fingerprint density at radius 3 is 2.62 bits per heavy atom. The lowest BCUT2D eigenvalue weighted by atomic mass is 9.84. The number of likely N-dealkylation sites (tertiary alicyclic amines) is 1. The summed E-state index contributed by atoms with van der Waals surface area (Å²) >= 11 is 1.53. The van der Waals surface area contributed by atoms with E-state index in [1.165, 1.54) is 11.3 Å². The lowest BCUT2D eigenvalue weighted by Gasteiger charge is -2.42. The molecule has 2 rings (SSSR count). The van der Waals surface area contributed by atoms with Gasteiger partial charge in [-0.15, -0.1) is 0 Å². The molecule has 0 saturated carbocycles. The minimum atomic E-state index is -1.11. The maximum absolute atomic E-state index is 12.5. The number of carbonyl (C=O) groups excluding carboxylic acids is 1. The zero-order valence-corrected chi connectivity index (χ0v) is 15.4. The average Bonchev–Trinajstić information content (AvgIpc) is 3.04. The van der Waals surface area contributed by atoms with E-state index in [-0.39, 0.29) is 30.0 Å². The van der Waals surface area contributed by atoms with Crippen molar-refractivity contribution in [1.29, 1.82) is 0 Å². The molecular weight excluding hydrogens is 328 g/mol. The highest BCUT2D eigenvalue weighted by Crippen LogP contribution is 2.37. The number of amides is 2. The van der Waals surface area contributed by atoms with Crippen molar-refractivity contribution in [1.82, 2.24) is 10.2 Å². The number of aliphatic hydroxyl groups is 1. The van der Waals surface area contributed by atoms with Crippen molar-refractivity contribution in [3.8, 4) is 0 Å². The standard InChI is InChI=1S/C17H26N2O4S/c1-10-8-24-9-11(10)15(21)12-5-6-14(20)19(12)13(17(2,3)4)7-18-16(22)23/h8-9,12-13,15,18,21H,5-7H2,1-4H3,(H,22,23). The van der Waals surface area contributed by atoms with Crippen molar-refractivity contribution in [2.24, 2.45) is 5.41 Å². The van der Waals surface area contributed by atoms with E-state index < -0.39 is 12.2 Å². The summed E-state index contributed by atoms with van der Waals surface area (Å²) in [4.78, 5) is 25.1. The molecule has 0 radical (unpaired) electrons. The molecule has 1 aliphatic rings. The first kappa shape index (κ1) is 18.7. The zero-order valence-electron chi connectivity index (χ0n) is 14.6. The van der Waals surface area contributed by atoms with Crippen molar-refractivity contribution in [2.75, 3.05) is 6.54 Å². The molecule has 0 spiro atoms. The molecule has 2 amide bonds. The van der Waals surface area contributed by atoms with Crippen LogP contribution in [0.4, 0.5) is 4.79 Å². The number of aliphatic hydroxyl groups excluding tert-OH is 1. The smallest absolute Gasteiger partial charge is 0.404 e. The lowest BCUT2D eigenvalue weighted by molar-refractivity contribution is -0.135. The molecule has 2 heterocycles. The first-order valence-electron chi connectivity index (χ1n) is 8.11. The van der Waals surface area contributed by atoms with E-state index in [1.54, 1.807) is 4.90 Å². The van der Waals surface area contributed by atoms with Crippen molar-refractivity contribution < 1.29 is 19.8 Å². The third-order valence-corrected chi connectivity index (χ3v) is 5.54. The maximum atomic E-state index is 12.5. The second-order valence-corrected chi connectivity index (χ2v) is 8.17. The molecule has 0 aromatic carbocycles. The van der Waals surface area contributed by atoms with Crippen molar-refractivity contribution in [3.63, 3.8) is 0 Å². The number of hydrogen-bond donors (Lipinski definition) is 3. The first-order chi connectivity index (χ1) is 11.1. The topological polar surface area (TPSA) is 89.9 Å². The van der Waals surface area contributed by atoms with Gasteiger partial charge in [0.15, 0.2) is 0 Å². The lowest BCUT2D eigenvalue weighted by Crippen LogP contribution is -2.55. The second kappa shape index (κ2) is 7.11. The van der Waals surface area contributed by atoms with Crippen molar-refractivity contribution >= 4 is 23.3 Å². The Labute approximate surface area is 146 Å². The fourth-order valence-electron chi connectivity index (χ4n) is 3.33. The van der Waals surface area contributed by atoms with Crippen LogP contribution in [-0.2, 0) is 4.79 Å². The fourth-order valence-corrected chi connectivity index (χ4v) is 4.21. The molecule has 7 heteroatoms. The number of carboxylic acid groups (broad SMARTS) is 1. The number of rotatable bonds is 5. The third-order valence-electron chi connectivity index (χ3n) is 4.66. The van der Waals surface area contributed by atoms with Gasteiger partial charge < -0.3 is 20.4 Å². The van der Waals surface area contributed by atoms with Gasteiger partial charge in [0.1, 0.15) is 6.10 Å². The molecule has 6 nitrogen and oxygen atoms in total. The van der Waals surface area contributed by atoms with Crippen LogP contribution < -0.4 is 5.32 Å². The maximum Gasteiger partial charge on any atom is 0.404 e. The third kappa shape index (κ3) is 3.89. The average molecular weight is 354 g/mol. The Bertz CT molecular complexity index is 608. The number of carbonyl (C=O) groups is 2. The number of nitrogens with zero attached hydrogens (tertiary/aromatic N) is 1. The molecule has 0 bridgehead atoms. The molecule has 1 fully saturated rings. The Hall–Kier alpha value is -1.60. The van der Waals surface area contributed by atoms with Crippen LogP contribution in [0.2, 0.25) is 0 Å². The summed E-state index contributed by atoms with van der Waals surface area (Å²) in [7, 11) is 0. The van der Waals surface area contributed by atoms with Gasteiger partial charge >= 0.3 is 6.09 Å². The minimum absolute atomic E-state index is 0.0287. The summed E-state index contributed by atoms with van der Waals surface area (Å²) in [6, 6.07) is -0.646. The number of aryl methyl sites for hydroxylation is 1. The molecule has 1 aliphatic heterocycles. The van der Waals surface area contributed by atoms with E-state index in [9.17, 15) is 14.7 Å². The van der Waals surface area contributed by atoms with Crippen LogP contribution in [-0.4, -0.2) is 45.7 Å². The molecule has 1 saturated heterocycles. The van der Waals surface area contributed by atoms with Crippen molar-refractivity contribution in [2.45, 2.75) is 58.7 Å². The van der Waals surface area contributed by atoms with E-state index >= 15 is 0 Å². The largest absolute Gasteiger partial charge is 0.465 e. The Balaban J connectivity index is 2.30. The molecule has 24 heavy (non-hydrogen) atoms. The predicted octanol–water partition coefficient (Wildman–Crippen LogP) is 2.76. The van der Waals surface area contributed by atoms with Gasteiger partial charge in [-0.1, -0.05) is 20.8 Å². The number of thiophene rings is 1. The molecule has 3 atom stereocenters. The highest BCUT2D eigenvalue weighted by atomic mass is 32.1. The van der Waals surface area contributed by atoms with Gasteiger partial charge in [0.25, 0.3) is 0 Å². The summed E-state index contributed by atoms with van der Waals surface area (Å²) in [5, 5.41) is 26.1. The number of hydrogen-bond acceptors (Lipinski definition) is 4. The van der Waals surface area contributed by atoms with Crippen LogP contribution >= 0.6 is 11.3 Å². The van der Waals surface area contributed by atoms with Crippen LogP contribution in [0.15, 0.2) is 10.8 Å². The quantitative estimate of drug-likeness (QED) is 0.758. The molecule has 1 aromatic rings. The number of nitrogens with one attached hydrogen (secondary N) is 1. The van der Waals surface area contributed by atoms with Gasteiger partial charge in [0.2, 0.25) is 5.91 Å². The highest BCUT2D eigenvalue weighted by molar-refractivity contribution is 7.08. The summed E-state index contributed by atoms with van der Waals surface area (Å²) in [6.07, 6.45) is -0.904. The van der Waals surface area contributed by atoms with E-state index in [2.05, 4.69) is 5.32 Å². The van der Waals surface area contributed by atoms with Gasteiger partial charge in [0, 0.05) is 13.0 Å². The second-order valence-electron chi connectivity index (χ2n) is 7.43. The summed E-state index contributed by atoms with van der Waals surface area (Å²) in [5.74, 6) is -0.0287. The van der Waals surface area contributed by atoms with Crippen LogP contribution in [0.25, 0.3) is 0 Å². The van der Waals surface area contributed by atoms with Gasteiger partial charge in [-0.25, -0.2) is 4.79 Å². The molecule has 3 N–H and O–H groups in total. The van der Waals surface area contributed by atoms with Crippen molar-refractivity contribution in [3.05, 3.63) is 21.9 Å².